The maximum absolute atomic E-state index is 14.0. The van der Waals surface area contributed by atoms with Crippen LogP contribution in [0.15, 0.2) is 61.4 Å². The van der Waals surface area contributed by atoms with E-state index < -0.39 is 5.92 Å². The number of H-pyrrole nitrogens is 1. The molecule has 2 fully saturated rings. The van der Waals surface area contributed by atoms with E-state index >= 15 is 0 Å². The Labute approximate surface area is 241 Å². The molecule has 0 unspecified atom stereocenters. The number of fused-ring (bicyclic) bond motifs is 1. The fourth-order valence-electron chi connectivity index (χ4n) is 5.91. The molecule has 0 radical (unpaired) electrons. The smallest absolute Gasteiger partial charge is 0.253 e. The fraction of sp³-hybridized carbons (Fsp3) is 0.367. The summed E-state index contributed by atoms with van der Waals surface area (Å²) in [5, 5.41) is 17.8. The van der Waals surface area contributed by atoms with Gasteiger partial charge in [0.15, 0.2) is 5.65 Å². The van der Waals surface area contributed by atoms with E-state index in [1.165, 1.54) is 6.08 Å². The number of carbonyl (C=O) groups is 2. The predicted octanol–water partition coefficient (Wildman–Crippen LogP) is 5.25. The Balaban J connectivity index is 1.20. The monoisotopic (exact) mass is 574 g/mol. The number of piperidine rings is 1. The van der Waals surface area contributed by atoms with Crippen LogP contribution in [0, 0.1) is 0 Å². The van der Waals surface area contributed by atoms with Crippen molar-refractivity contribution in [2.45, 2.75) is 56.4 Å². The van der Waals surface area contributed by atoms with Crippen LogP contribution >= 0.6 is 0 Å². The number of aromatic amines is 1. The molecule has 10 nitrogen and oxygen atoms in total. The number of amides is 2. The van der Waals surface area contributed by atoms with Crippen LogP contribution in [0.5, 0.6) is 0 Å². The summed E-state index contributed by atoms with van der Waals surface area (Å²) in [6.07, 6.45) is 6.77. The Bertz CT molecular complexity index is 1590. The van der Waals surface area contributed by atoms with Crippen LogP contribution in [0.2, 0.25) is 0 Å². The highest BCUT2D eigenvalue weighted by Crippen LogP contribution is 2.43. The lowest BCUT2D eigenvalue weighted by Gasteiger charge is -2.33. The summed E-state index contributed by atoms with van der Waals surface area (Å²) in [5.74, 6) is -2.70. The average Bonchev–Trinajstić information content (AvgIpc) is 3.67. The zero-order chi connectivity index (χ0) is 29.3. The highest BCUT2D eigenvalue weighted by molar-refractivity contribution is 5.99. The number of pyridine rings is 1. The summed E-state index contributed by atoms with van der Waals surface area (Å²) in [6.45, 7) is 4.55. The molecule has 1 aliphatic carbocycles. The Morgan fingerprint density at radius 2 is 1.88 bits per heavy atom. The van der Waals surface area contributed by atoms with E-state index in [4.69, 9.17) is 10.1 Å². The molecule has 4 heterocycles. The number of carbonyl (C=O) groups excluding carboxylic acids is 2. The standard InChI is InChI=1S/C30H32F2N8O2/c1-2-26(41)35-22-7-5-20(6-8-22)28(42)39-15-3-4-23(18-39)36-29-37-25-10-9-24(21-16-33-34-17-21)27(40(25)38-29)19-11-13-30(31,32)14-12-19/h2,5-10,16-17,19,23H,1,3-4,11-15,18H2,(H,33,34)(H,35,41)(H,36,38)/t23-/m1/s1. The van der Waals surface area contributed by atoms with Gasteiger partial charge in [0.2, 0.25) is 17.8 Å². The van der Waals surface area contributed by atoms with Crippen LogP contribution in [0.4, 0.5) is 20.4 Å². The van der Waals surface area contributed by atoms with Gasteiger partial charge >= 0.3 is 0 Å². The van der Waals surface area contributed by atoms with Crippen molar-refractivity contribution in [3.63, 3.8) is 0 Å². The Morgan fingerprint density at radius 3 is 2.60 bits per heavy atom. The number of hydrogen-bond acceptors (Lipinski definition) is 6. The van der Waals surface area contributed by atoms with Gasteiger partial charge in [-0.3, -0.25) is 14.7 Å². The minimum Gasteiger partial charge on any atom is -0.348 e. The first-order valence-electron chi connectivity index (χ1n) is 14.2. The van der Waals surface area contributed by atoms with E-state index in [1.807, 2.05) is 12.1 Å². The van der Waals surface area contributed by atoms with Crippen molar-refractivity contribution in [2.24, 2.45) is 0 Å². The molecular weight excluding hydrogens is 542 g/mol. The Morgan fingerprint density at radius 1 is 1.10 bits per heavy atom. The summed E-state index contributed by atoms with van der Waals surface area (Å²) >= 11 is 0. The SMILES string of the molecule is C=CC(=O)Nc1ccc(C(=O)N2CCC[C@@H](Nc3nc4ccc(-c5cn[nH]c5)c(C5CCC(F)(F)CC5)n4n3)C2)cc1. The first-order valence-corrected chi connectivity index (χ1v) is 14.2. The molecule has 1 saturated carbocycles. The lowest BCUT2D eigenvalue weighted by atomic mass is 9.82. The number of rotatable bonds is 7. The molecule has 6 rings (SSSR count). The lowest BCUT2D eigenvalue weighted by Crippen LogP contribution is -2.45. The number of halogens is 2. The lowest BCUT2D eigenvalue weighted by molar-refractivity contribution is -0.111. The number of likely N-dealkylation sites (tertiary alicyclic amines) is 1. The molecule has 1 atom stereocenters. The number of alkyl halides is 2. The van der Waals surface area contributed by atoms with Crippen molar-refractivity contribution in [1.29, 1.82) is 0 Å². The third kappa shape index (κ3) is 5.74. The van der Waals surface area contributed by atoms with E-state index in [0.717, 1.165) is 29.7 Å². The van der Waals surface area contributed by atoms with Crippen LogP contribution in [0.3, 0.4) is 0 Å². The Kier molecular flexibility index (Phi) is 7.44. The summed E-state index contributed by atoms with van der Waals surface area (Å²) in [5.41, 5.74) is 4.37. The molecule has 3 N–H and O–H groups in total. The van der Waals surface area contributed by atoms with E-state index in [-0.39, 0.29) is 36.6 Å². The number of aromatic nitrogens is 5. The van der Waals surface area contributed by atoms with Gasteiger partial charge in [-0.05, 0) is 68.2 Å². The molecule has 2 amide bonds. The highest BCUT2D eigenvalue weighted by Gasteiger charge is 2.37. The molecule has 1 aliphatic heterocycles. The normalized spacial score (nSPS) is 19.0. The third-order valence-corrected chi connectivity index (χ3v) is 8.08. The van der Waals surface area contributed by atoms with Crippen LogP contribution < -0.4 is 10.6 Å². The van der Waals surface area contributed by atoms with Crippen molar-refractivity contribution in [2.75, 3.05) is 23.7 Å². The van der Waals surface area contributed by atoms with Gasteiger partial charge in [-0.15, -0.1) is 5.10 Å². The molecule has 0 spiro atoms. The zero-order valence-electron chi connectivity index (χ0n) is 23.0. The first kappa shape index (κ1) is 27.6. The summed E-state index contributed by atoms with van der Waals surface area (Å²) in [6, 6.07) is 10.5. The molecular formula is C30H32F2N8O2. The van der Waals surface area contributed by atoms with Gasteiger partial charge in [0.1, 0.15) is 0 Å². The molecule has 42 heavy (non-hydrogen) atoms. The molecule has 218 valence electrons. The van der Waals surface area contributed by atoms with E-state index in [1.54, 1.807) is 46.1 Å². The first-order chi connectivity index (χ1) is 20.3. The number of benzene rings is 1. The van der Waals surface area contributed by atoms with E-state index in [0.29, 0.717) is 48.8 Å². The van der Waals surface area contributed by atoms with Crippen molar-refractivity contribution in [3.05, 3.63) is 72.7 Å². The third-order valence-electron chi connectivity index (χ3n) is 8.08. The van der Waals surface area contributed by atoms with Gasteiger partial charge in [0.25, 0.3) is 5.91 Å². The largest absolute Gasteiger partial charge is 0.348 e. The minimum atomic E-state index is -2.64. The van der Waals surface area contributed by atoms with E-state index in [9.17, 15) is 18.4 Å². The fourth-order valence-corrected chi connectivity index (χ4v) is 5.91. The maximum atomic E-state index is 14.0. The average molecular weight is 575 g/mol. The second kappa shape index (κ2) is 11.3. The number of nitrogens with one attached hydrogen (secondary N) is 3. The molecule has 3 aromatic heterocycles. The summed E-state index contributed by atoms with van der Waals surface area (Å²) in [4.78, 5) is 31.3. The van der Waals surface area contributed by atoms with Gasteiger partial charge < -0.3 is 15.5 Å². The molecule has 0 bridgehead atoms. The second-order valence-corrected chi connectivity index (χ2v) is 11.0. The Hall–Kier alpha value is -4.61. The van der Waals surface area contributed by atoms with Gasteiger partial charge in [-0.1, -0.05) is 6.58 Å². The minimum absolute atomic E-state index is 0.0589. The summed E-state index contributed by atoms with van der Waals surface area (Å²) < 4.78 is 29.8. The molecule has 2 aliphatic rings. The van der Waals surface area contributed by atoms with Gasteiger partial charge in [0, 0.05) is 66.5 Å². The van der Waals surface area contributed by atoms with Crippen molar-refractivity contribution < 1.29 is 18.4 Å². The van der Waals surface area contributed by atoms with Crippen LogP contribution in [0.1, 0.15) is 60.5 Å². The predicted molar refractivity (Wildman–Crippen MR) is 155 cm³/mol. The van der Waals surface area contributed by atoms with Crippen molar-refractivity contribution >= 4 is 29.1 Å². The number of hydrogen-bond donors (Lipinski definition) is 3. The topological polar surface area (TPSA) is 120 Å². The maximum Gasteiger partial charge on any atom is 0.253 e. The molecule has 1 saturated heterocycles. The number of anilines is 2. The number of nitrogens with zero attached hydrogens (tertiary/aromatic N) is 5. The summed E-state index contributed by atoms with van der Waals surface area (Å²) in [7, 11) is 0. The van der Waals surface area contributed by atoms with Gasteiger partial charge in [-0.2, -0.15) is 10.1 Å². The van der Waals surface area contributed by atoms with Crippen LogP contribution in [-0.2, 0) is 4.79 Å². The van der Waals surface area contributed by atoms with Crippen LogP contribution in [-0.4, -0.2) is 66.6 Å². The van der Waals surface area contributed by atoms with Gasteiger partial charge in [0.05, 0.1) is 11.9 Å². The molecule has 4 aromatic rings. The molecule has 1 aromatic carbocycles. The van der Waals surface area contributed by atoms with Crippen molar-refractivity contribution in [1.82, 2.24) is 29.7 Å². The van der Waals surface area contributed by atoms with E-state index in [2.05, 4.69) is 27.4 Å². The van der Waals surface area contributed by atoms with Crippen molar-refractivity contribution in [3.8, 4) is 11.1 Å². The van der Waals surface area contributed by atoms with Gasteiger partial charge in [-0.25, -0.2) is 13.3 Å². The second-order valence-electron chi connectivity index (χ2n) is 11.0. The van der Waals surface area contributed by atoms with Crippen LogP contribution in [0.25, 0.3) is 16.8 Å². The molecule has 12 heteroatoms. The highest BCUT2D eigenvalue weighted by atomic mass is 19.3. The zero-order valence-corrected chi connectivity index (χ0v) is 23.0. The quantitative estimate of drug-likeness (QED) is 0.259.